The van der Waals surface area contributed by atoms with Crippen LogP contribution in [0, 0.1) is 12.7 Å². The second-order valence-corrected chi connectivity index (χ2v) is 6.32. The molecular weight excluding hydrogens is 251 g/mol. The van der Waals surface area contributed by atoms with E-state index in [4.69, 9.17) is 0 Å². The lowest BCUT2D eigenvalue weighted by Gasteiger charge is -2.39. The third-order valence-electron chi connectivity index (χ3n) is 4.84. The molecule has 1 aromatic rings. The van der Waals surface area contributed by atoms with Crippen LogP contribution in [0.25, 0.3) is 0 Å². The van der Waals surface area contributed by atoms with Crippen molar-refractivity contribution < 1.29 is 4.39 Å². The van der Waals surface area contributed by atoms with Crippen molar-refractivity contribution in [2.45, 2.75) is 57.7 Å². The fourth-order valence-corrected chi connectivity index (χ4v) is 3.75. The number of piperidine rings is 1. The van der Waals surface area contributed by atoms with Crippen LogP contribution in [0.2, 0.25) is 0 Å². The predicted molar refractivity (Wildman–Crippen MR) is 80.2 cm³/mol. The number of aryl methyl sites for hydroxylation is 1. The highest BCUT2D eigenvalue weighted by Gasteiger charge is 2.31. The summed E-state index contributed by atoms with van der Waals surface area (Å²) in [6.45, 7) is 5.17. The molecule has 110 valence electrons. The summed E-state index contributed by atoms with van der Waals surface area (Å²) in [4.78, 5) is 2.61. The maximum atomic E-state index is 13.4. The number of nitrogens with one attached hydrogen (secondary N) is 1. The van der Waals surface area contributed by atoms with Gasteiger partial charge in [-0.3, -0.25) is 4.90 Å². The van der Waals surface area contributed by atoms with Crippen LogP contribution in [-0.4, -0.2) is 30.1 Å². The van der Waals surface area contributed by atoms with Gasteiger partial charge < -0.3 is 5.32 Å². The van der Waals surface area contributed by atoms with Gasteiger partial charge in [0, 0.05) is 18.6 Å². The van der Waals surface area contributed by atoms with Crippen molar-refractivity contribution in [1.82, 2.24) is 10.2 Å². The predicted octanol–water partition coefficient (Wildman–Crippen LogP) is 3.24. The molecule has 2 saturated heterocycles. The van der Waals surface area contributed by atoms with E-state index in [0.717, 1.165) is 12.1 Å². The molecule has 3 heteroatoms. The van der Waals surface area contributed by atoms with E-state index in [1.54, 1.807) is 6.07 Å². The average molecular weight is 276 g/mol. The van der Waals surface area contributed by atoms with Crippen molar-refractivity contribution in [3.63, 3.8) is 0 Å². The highest BCUT2D eigenvalue weighted by Crippen LogP contribution is 2.26. The Labute approximate surface area is 121 Å². The zero-order chi connectivity index (χ0) is 13.9. The van der Waals surface area contributed by atoms with Gasteiger partial charge in [-0.25, -0.2) is 4.39 Å². The number of nitrogens with zero attached hydrogens (tertiary/aromatic N) is 1. The van der Waals surface area contributed by atoms with Gasteiger partial charge >= 0.3 is 0 Å². The molecule has 0 saturated carbocycles. The first kappa shape index (κ1) is 14.0. The van der Waals surface area contributed by atoms with Crippen molar-refractivity contribution in [3.8, 4) is 0 Å². The molecule has 2 nitrogen and oxygen atoms in total. The quantitative estimate of drug-likeness (QED) is 0.911. The van der Waals surface area contributed by atoms with Crippen LogP contribution in [0.15, 0.2) is 18.2 Å². The van der Waals surface area contributed by atoms with Crippen LogP contribution >= 0.6 is 0 Å². The van der Waals surface area contributed by atoms with Crippen LogP contribution in [0.4, 0.5) is 4.39 Å². The first-order chi connectivity index (χ1) is 9.74. The van der Waals surface area contributed by atoms with Gasteiger partial charge in [0.25, 0.3) is 0 Å². The molecule has 2 aliphatic rings. The molecule has 2 atom stereocenters. The van der Waals surface area contributed by atoms with Crippen molar-refractivity contribution in [3.05, 3.63) is 35.1 Å². The minimum atomic E-state index is -0.0959. The summed E-state index contributed by atoms with van der Waals surface area (Å²) in [5.74, 6) is -0.0959. The smallest absolute Gasteiger partial charge is 0.126 e. The largest absolute Gasteiger partial charge is 0.312 e. The Balaban J connectivity index is 1.71. The van der Waals surface area contributed by atoms with E-state index < -0.39 is 0 Å². The summed E-state index contributed by atoms with van der Waals surface area (Å²) in [5, 5.41) is 3.66. The van der Waals surface area contributed by atoms with E-state index in [1.807, 2.05) is 19.1 Å². The fraction of sp³-hybridized carbons (Fsp3) is 0.647. The molecule has 20 heavy (non-hydrogen) atoms. The lowest BCUT2D eigenvalue weighted by molar-refractivity contribution is 0.112. The van der Waals surface area contributed by atoms with Gasteiger partial charge in [0.2, 0.25) is 0 Å². The fourth-order valence-electron chi connectivity index (χ4n) is 3.75. The van der Waals surface area contributed by atoms with Gasteiger partial charge in [0.1, 0.15) is 5.82 Å². The number of likely N-dealkylation sites (tertiary alicyclic amines) is 1. The molecule has 1 aromatic carbocycles. The molecule has 0 spiro atoms. The molecule has 0 radical (unpaired) electrons. The average Bonchev–Trinajstić information content (AvgIpc) is 2.97. The summed E-state index contributed by atoms with van der Waals surface area (Å²) in [7, 11) is 0. The second kappa shape index (κ2) is 6.23. The number of hydrogen-bond acceptors (Lipinski definition) is 2. The minimum Gasteiger partial charge on any atom is -0.312 e. The van der Waals surface area contributed by atoms with Gasteiger partial charge in [-0.05, 0) is 62.9 Å². The molecule has 1 N–H and O–H groups in total. The van der Waals surface area contributed by atoms with Crippen LogP contribution in [-0.2, 0) is 6.54 Å². The third kappa shape index (κ3) is 3.04. The number of rotatable bonds is 3. The summed E-state index contributed by atoms with van der Waals surface area (Å²) >= 11 is 0. The van der Waals surface area contributed by atoms with E-state index in [0.29, 0.717) is 12.1 Å². The van der Waals surface area contributed by atoms with Crippen LogP contribution in [0.5, 0.6) is 0 Å². The molecule has 2 unspecified atom stereocenters. The maximum absolute atomic E-state index is 13.4. The molecule has 2 aliphatic heterocycles. The van der Waals surface area contributed by atoms with Crippen LogP contribution in [0.1, 0.15) is 43.2 Å². The Morgan fingerprint density at radius 2 is 2.15 bits per heavy atom. The standard InChI is InChI=1S/C17H25FN2/c1-13-11-14(7-8-15(13)18)12-20-10-3-2-6-17(20)16-5-4-9-19-16/h7-8,11,16-17,19H,2-6,9-10,12H2,1H3. The van der Waals surface area contributed by atoms with E-state index in [2.05, 4.69) is 10.2 Å². The molecule has 0 aliphatic carbocycles. The zero-order valence-corrected chi connectivity index (χ0v) is 12.4. The van der Waals surface area contributed by atoms with Crippen molar-refractivity contribution in [1.29, 1.82) is 0 Å². The van der Waals surface area contributed by atoms with E-state index in [9.17, 15) is 4.39 Å². The van der Waals surface area contributed by atoms with Gasteiger partial charge in [0.05, 0.1) is 0 Å². The minimum absolute atomic E-state index is 0.0959. The Morgan fingerprint density at radius 1 is 1.25 bits per heavy atom. The number of halogens is 1. The van der Waals surface area contributed by atoms with Crippen LogP contribution < -0.4 is 5.32 Å². The lowest BCUT2D eigenvalue weighted by Crippen LogP contribution is -2.49. The van der Waals surface area contributed by atoms with E-state index in [1.165, 1.54) is 50.8 Å². The summed E-state index contributed by atoms with van der Waals surface area (Å²) in [6, 6.07) is 6.88. The number of hydrogen-bond donors (Lipinski definition) is 1. The normalized spacial score (nSPS) is 27.9. The first-order valence-electron chi connectivity index (χ1n) is 7.96. The molecule has 2 heterocycles. The third-order valence-corrected chi connectivity index (χ3v) is 4.84. The summed E-state index contributed by atoms with van der Waals surface area (Å²) < 4.78 is 13.4. The SMILES string of the molecule is Cc1cc(CN2CCCCC2C2CCCN2)ccc1F. The highest BCUT2D eigenvalue weighted by atomic mass is 19.1. The second-order valence-electron chi connectivity index (χ2n) is 6.32. The Morgan fingerprint density at radius 3 is 2.90 bits per heavy atom. The van der Waals surface area contributed by atoms with Gasteiger partial charge in [-0.15, -0.1) is 0 Å². The molecule has 0 amide bonds. The Bertz CT molecular complexity index is 454. The number of benzene rings is 1. The highest BCUT2D eigenvalue weighted by molar-refractivity contribution is 5.24. The topological polar surface area (TPSA) is 15.3 Å². The summed E-state index contributed by atoms with van der Waals surface area (Å²) in [6.07, 6.45) is 6.57. The maximum Gasteiger partial charge on any atom is 0.126 e. The molecular formula is C17H25FN2. The van der Waals surface area contributed by atoms with Gasteiger partial charge in [-0.2, -0.15) is 0 Å². The van der Waals surface area contributed by atoms with Crippen molar-refractivity contribution in [2.24, 2.45) is 0 Å². The molecule has 0 aromatic heterocycles. The Hall–Kier alpha value is -0.930. The van der Waals surface area contributed by atoms with Crippen LogP contribution in [0.3, 0.4) is 0 Å². The van der Waals surface area contributed by atoms with Crippen molar-refractivity contribution >= 4 is 0 Å². The molecule has 2 fully saturated rings. The Kier molecular flexibility index (Phi) is 4.37. The van der Waals surface area contributed by atoms with E-state index >= 15 is 0 Å². The zero-order valence-electron chi connectivity index (χ0n) is 12.4. The van der Waals surface area contributed by atoms with E-state index in [-0.39, 0.29) is 5.82 Å². The monoisotopic (exact) mass is 276 g/mol. The molecule has 0 bridgehead atoms. The summed E-state index contributed by atoms with van der Waals surface area (Å²) in [5.41, 5.74) is 2.00. The molecule has 3 rings (SSSR count). The van der Waals surface area contributed by atoms with Gasteiger partial charge in [-0.1, -0.05) is 18.6 Å². The van der Waals surface area contributed by atoms with Gasteiger partial charge in [0.15, 0.2) is 0 Å². The lowest BCUT2D eigenvalue weighted by atomic mass is 9.94. The first-order valence-corrected chi connectivity index (χ1v) is 7.96. The van der Waals surface area contributed by atoms with Crippen molar-refractivity contribution in [2.75, 3.05) is 13.1 Å².